The van der Waals surface area contributed by atoms with Gasteiger partial charge in [-0.2, -0.15) is 0 Å². The Kier molecular flexibility index (Phi) is 6.75. The Labute approximate surface area is 142 Å². The Hall–Kier alpha value is -1.92. The van der Waals surface area contributed by atoms with E-state index in [2.05, 4.69) is 22.3 Å². The van der Waals surface area contributed by atoms with Crippen LogP contribution in [0, 0.1) is 5.92 Å². The van der Waals surface area contributed by atoms with Gasteiger partial charge in [0.25, 0.3) is 0 Å². The van der Waals surface area contributed by atoms with E-state index in [1.807, 2.05) is 18.2 Å². The number of ether oxygens (including phenoxy) is 1. The van der Waals surface area contributed by atoms with Crippen molar-refractivity contribution >= 4 is 11.9 Å². The standard InChI is InChI=1S/C18H26N2O4/c1-13(2)17(18(22)23)19-16(21)10-15-12-20(8-9-24-15)11-14-6-4-3-5-7-14/h3-7,13,15,17H,8-12H2,1-2H3,(H,19,21)(H,22,23)/t15-,17-/m0/s1. The second-order valence-electron chi connectivity index (χ2n) is 6.55. The van der Waals surface area contributed by atoms with Gasteiger partial charge in [0.15, 0.2) is 0 Å². The summed E-state index contributed by atoms with van der Waals surface area (Å²) >= 11 is 0. The minimum Gasteiger partial charge on any atom is -0.480 e. The lowest BCUT2D eigenvalue weighted by Crippen LogP contribution is -2.48. The molecule has 0 spiro atoms. The predicted molar refractivity (Wildman–Crippen MR) is 90.5 cm³/mol. The van der Waals surface area contributed by atoms with E-state index in [4.69, 9.17) is 9.84 Å². The van der Waals surface area contributed by atoms with Crippen molar-refractivity contribution in [2.45, 2.75) is 39.0 Å². The van der Waals surface area contributed by atoms with Crippen LogP contribution in [0.2, 0.25) is 0 Å². The maximum absolute atomic E-state index is 12.1. The summed E-state index contributed by atoms with van der Waals surface area (Å²) < 4.78 is 5.67. The molecule has 0 bridgehead atoms. The van der Waals surface area contributed by atoms with Gasteiger partial charge in [-0.3, -0.25) is 9.69 Å². The number of benzene rings is 1. The Morgan fingerprint density at radius 1 is 1.33 bits per heavy atom. The fourth-order valence-electron chi connectivity index (χ4n) is 2.84. The predicted octanol–water partition coefficient (Wildman–Crippen LogP) is 1.50. The van der Waals surface area contributed by atoms with Gasteiger partial charge in [0.2, 0.25) is 5.91 Å². The van der Waals surface area contributed by atoms with Crippen LogP contribution in [0.15, 0.2) is 30.3 Å². The third-order valence-electron chi connectivity index (χ3n) is 4.13. The zero-order valence-corrected chi connectivity index (χ0v) is 14.3. The van der Waals surface area contributed by atoms with E-state index in [0.29, 0.717) is 13.2 Å². The molecule has 1 fully saturated rings. The van der Waals surface area contributed by atoms with Crippen LogP contribution in [-0.4, -0.2) is 53.7 Å². The number of nitrogens with zero attached hydrogens (tertiary/aromatic N) is 1. The first kappa shape index (κ1) is 18.4. The fraction of sp³-hybridized carbons (Fsp3) is 0.556. The molecule has 2 rings (SSSR count). The number of amides is 1. The van der Waals surface area contributed by atoms with Crippen LogP contribution in [0.5, 0.6) is 0 Å². The summed E-state index contributed by atoms with van der Waals surface area (Å²) in [5.74, 6) is -1.44. The normalized spacial score (nSPS) is 19.9. The van der Waals surface area contributed by atoms with Gasteiger partial charge < -0.3 is 15.2 Å². The highest BCUT2D eigenvalue weighted by molar-refractivity contribution is 5.83. The quantitative estimate of drug-likeness (QED) is 0.790. The van der Waals surface area contributed by atoms with Crippen molar-refractivity contribution in [1.29, 1.82) is 0 Å². The summed E-state index contributed by atoms with van der Waals surface area (Å²) in [5.41, 5.74) is 1.23. The van der Waals surface area contributed by atoms with Gasteiger partial charge in [-0.25, -0.2) is 4.79 Å². The number of carboxylic acid groups (broad SMARTS) is 1. The van der Waals surface area contributed by atoms with E-state index >= 15 is 0 Å². The first-order valence-electron chi connectivity index (χ1n) is 8.35. The molecule has 1 aliphatic heterocycles. The van der Waals surface area contributed by atoms with Gasteiger partial charge >= 0.3 is 5.97 Å². The lowest BCUT2D eigenvalue weighted by molar-refractivity contribution is -0.143. The summed E-state index contributed by atoms with van der Waals surface area (Å²) in [6.45, 7) is 6.46. The van der Waals surface area contributed by atoms with Crippen molar-refractivity contribution in [3.05, 3.63) is 35.9 Å². The molecule has 0 aromatic heterocycles. The third-order valence-corrected chi connectivity index (χ3v) is 4.13. The Morgan fingerprint density at radius 2 is 2.04 bits per heavy atom. The lowest BCUT2D eigenvalue weighted by Gasteiger charge is -2.33. The molecule has 132 valence electrons. The van der Waals surface area contributed by atoms with Crippen LogP contribution in [0.4, 0.5) is 0 Å². The Morgan fingerprint density at radius 3 is 2.67 bits per heavy atom. The minimum atomic E-state index is -1.01. The molecule has 1 saturated heterocycles. The van der Waals surface area contributed by atoms with Crippen molar-refractivity contribution < 1.29 is 19.4 Å². The van der Waals surface area contributed by atoms with E-state index in [9.17, 15) is 9.59 Å². The van der Waals surface area contributed by atoms with E-state index in [-0.39, 0.29) is 24.3 Å². The molecular formula is C18H26N2O4. The molecule has 0 unspecified atom stereocenters. The van der Waals surface area contributed by atoms with Crippen LogP contribution in [0.25, 0.3) is 0 Å². The largest absolute Gasteiger partial charge is 0.480 e. The molecule has 6 heteroatoms. The summed E-state index contributed by atoms with van der Waals surface area (Å²) in [5, 5.41) is 11.7. The smallest absolute Gasteiger partial charge is 0.326 e. The maximum atomic E-state index is 12.1. The molecule has 2 atom stereocenters. The van der Waals surface area contributed by atoms with Crippen LogP contribution in [0.1, 0.15) is 25.8 Å². The van der Waals surface area contributed by atoms with Crippen molar-refractivity contribution in [2.24, 2.45) is 5.92 Å². The number of hydrogen-bond donors (Lipinski definition) is 2. The highest BCUT2D eigenvalue weighted by Crippen LogP contribution is 2.13. The molecule has 0 radical (unpaired) electrons. The minimum absolute atomic E-state index is 0.159. The van der Waals surface area contributed by atoms with Crippen LogP contribution in [-0.2, 0) is 20.9 Å². The van der Waals surface area contributed by atoms with Crippen molar-refractivity contribution in [2.75, 3.05) is 19.7 Å². The first-order valence-corrected chi connectivity index (χ1v) is 8.35. The Balaban J connectivity index is 1.83. The average molecular weight is 334 g/mol. The molecule has 0 saturated carbocycles. The van der Waals surface area contributed by atoms with Gasteiger partial charge in [0.05, 0.1) is 19.1 Å². The molecule has 24 heavy (non-hydrogen) atoms. The molecule has 1 aliphatic rings. The van der Waals surface area contributed by atoms with Gasteiger partial charge in [0, 0.05) is 19.6 Å². The Bertz CT molecular complexity index is 547. The number of nitrogens with one attached hydrogen (secondary N) is 1. The van der Waals surface area contributed by atoms with Gasteiger partial charge in [-0.1, -0.05) is 44.2 Å². The number of hydrogen-bond acceptors (Lipinski definition) is 4. The number of carboxylic acids is 1. The van der Waals surface area contributed by atoms with E-state index < -0.39 is 12.0 Å². The van der Waals surface area contributed by atoms with Crippen molar-refractivity contribution in [3.8, 4) is 0 Å². The van der Waals surface area contributed by atoms with E-state index in [1.165, 1.54) is 5.56 Å². The van der Waals surface area contributed by atoms with Gasteiger partial charge in [-0.05, 0) is 11.5 Å². The molecule has 1 amide bonds. The second-order valence-corrected chi connectivity index (χ2v) is 6.55. The summed E-state index contributed by atoms with van der Waals surface area (Å²) in [7, 11) is 0. The second kappa shape index (κ2) is 8.80. The number of carbonyl (C=O) groups excluding carboxylic acids is 1. The third kappa shape index (κ3) is 5.62. The summed E-state index contributed by atoms with van der Waals surface area (Å²) in [4.78, 5) is 25.6. The monoisotopic (exact) mass is 334 g/mol. The highest BCUT2D eigenvalue weighted by Gasteiger charge is 2.27. The molecule has 1 heterocycles. The molecule has 0 aliphatic carbocycles. The number of carbonyl (C=O) groups is 2. The fourth-order valence-corrected chi connectivity index (χ4v) is 2.84. The van der Waals surface area contributed by atoms with Crippen molar-refractivity contribution in [1.82, 2.24) is 10.2 Å². The van der Waals surface area contributed by atoms with Crippen molar-refractivity contribution in [3.63, 3.8) is 0 Å². The molecule has 1 aromatic carbocycles. The topological polar surface area (TPSA) is 78.9 Å². The van der Waals surface area contributed by atoms with E-state index in [1.54, 1.807) is 13.8 Å². The SMILES string of the molecule is CC(C)[C@H](NC(=O)C[C@H]1CN(Cc2ccccc2)CCO1)C(=O)O. The zero-order valence-electron chi connectivity index (χ0n) is 14.3. The molecule has 6 nitrogen and oxygen atoms in total. The van der Waals surface area contributed by atoms with Gasteiger partial charge in [-0.15, -0.1) is 0 Å². The summed E-state index contributed by atoms with van der Waals surface area (Å²) in [6, 6.07) is 9.32. The zero-order chi connectivity index (χ0) is 17.5. The van der Waals surface area contributed by atoms with Crippen LogP contribution in [0.3, 0.4) is 0 Å². The van der Waals surface area contributed by atoms with Crippen LogP contribution >= 0.6 is 0 Å². The maximum Gasteiger partial charge on any atom is 0.326 e. The number of morpholine rings is 1. The number of rotatable bonds is 7. The number of aliphatic carboxylic acids is 1. The average Bonchev–Trinajstić information content (AvgIpc) is 2.53. The van der Waals surface area contributed by atoms with Gasteiger partial charge in [0.1, 0.15) is 6.04 Å². The molecule has 1 aromatic rings. The van der Waals surface area contributed by atoms with Crippen LogP contribution < -0.4 is 5.32 Å². The summed E-state index contributed by atoms with van der Waals surface area (Å²) in [6.07, 6.45) is -0.0222. The first-order chi connectivity index (χ1) is 11.5. The molecule has 2 N–H and O–H groups in total. The van der Waals surface area contributed by atoms with E-state index in [0.717, 1.165) is 13.1 Å². The lowest BCUT2D eigenvalue weighted by atomic mass is 10.0. The molecular weight excluding hydrogens is 308 g/mol. The highest BCUT2D eigenvalue weighted by atomic mass is 16.5.